The van der Waals surface area contributed by atoms with Gasteiger partial charge < -0.3 is 9.80 Å². The summed E-state index contributed by atoms with van der Waals surface area (Å²) in [6.07, 6.45) is 5.55. The maximum absolute atomic E-state index is 2.77. The lowest BCUT2D eigenvalue weighted by Crippen LogP contribution is -2.50. The minimum absolute atomic E-state index is 0.592. The molecule has 0 saturated carbocycles. The van der Waals surface area contributed by atoms with Crippen molar-refractivity contribution >= 4 is 0 Å². The van der Waals surface area contributed by atoms with Crippen molar-refractivity contribution in [2.45, 2.75) is 65.5 Å². The molecule has 0 aliphatic carbocycles. The van der Waals surface area contributed by atoms with E-state index in [0.29, 0.717) is 5.41 Å². The summed E-state index contributed by atoms with van der Waals surface area (Å²) in [5.74, 6) is 0. The first-order valence-electron chi connectivity index (χ1n) is 7.46. The van der Waals surface area contributed by atoms with Crippen molar-refractivity contribution in [2.24, 2.45) is 5.41 Å². The molecule has 2 heteroatoms. The van der Waals surface area contributed by atoms with Crippen molar-refractivity contribution in [3.05, 3.63) is 0 Å². The minimum atomic E-state index is 0.592. The SMILES string of the molecule is CC(C)N1CCC(N2CCC(C)(C)CC2)CC1. The van der Waals surface area contributed by atoms with Crippen LogP contribution in [0.2, 0.25) is 0 Å². The van der Waals surface area contributed by atoms with Gasteiger partial charge in [0.15, 0.2) is 0 Å². The number of hydrogen-bond acceptors (Lipinski definition) is 2. The van der Waals surface area contributed by atoms with Crippen LogP contribution in [0.15, 0.2) is 0 Å². The molecule has 0 radical (unpaired) electrons. The maximum atomic E-state index is 2.77. The summed E-state index contributed by atoms with van der Waals surface area (Å²) >= 11 is 0. The van der Waals surface area contributed by atoms with Gasteiger partial charge in [0.05, 0.1) is 0 Å². The van der Waals surface area contributed by atoms with Gasteiger partial charge in [-0.25, -0.2) is 0 Å². The molecular weight excluding hydrogens is 208 g/mol. The molecule has 2 heterocycles. The summed E-state index contributed by atoms with van der Waals surface area (Å²) in [5, 5.41) is 0. The standard InChI is InChI=1S/C15H30N2/c1-13(2)16-9-5-14(6-10-16)17-11-7-15(3,4)8-12-17/h13-14H,5-12H2,1-4H3. The van der Waals surface area contributed by atoms with E-state index in [2.05, 4.69) is 37.5 Å². The van der Waals surface area contributed by atoms with E-state index in [9.17, 15) is 0 Å². The maximum Gasteiger partial charge on any atom is 0.0120 e. The zero-order valence-corrected chi connectivity index (χ0v) is 12.2. The summed E-state index contributed by atoms with van der Waals surface area (Å²) in [4.78, 5) is 5.40. The van der Waals surface area contributed by atoms with Crippen LogP contribution in [0.1, 0.15) is 53.4 Å². The largest absolute Gasteiger partial charge is 0.301 e. The third-order valence-electron chi connectivity index (χ3n) is 4.90. The second kappa shape index (κ2) is 5.27. The van der Waals surface area contributed by atoms with Crippen molar-refractivity contribution in [1.29, 1.82) is 0 Å². The second-order valence-corrected chi connectivity index (χ2v) is 7.06. The zero-order chi connectivity index (χ0) is 12.5. The van der Waals surface area contributed by atoms with Gasteiger partial charge in [0.2, 0.25) is 0 Å². The fourth-order valence-electron chi connectivity index (χ4n) is 3.26. The summed E-state index contributed by atoms with van der Waals surface area (Å²) in [6, 6.07) is 1.61. The van der Waals surface area contributed by atoms with E-state index in [0.717, 1.165) is 12.1 Å². The molecule has 2 aliphatic heterocycles. The first kappa shape index (κ1) is 13.4. The van der Waals surface area contributed by atoms with Crippen LogP contribution in [0.5, 0.6) is 0 Å². The second-order valence-electron chi connectivity index (χ2n) is 7.06. The molecule has 17 heavy (non-hydrogen) atoms. The molecule has 2 rings (SSSR count). The van der Waals surface area contributed by atoms with E-state index in [1.54, 1.807) is 0 Å². The number of piperidine rings is 2. The molecule has 0 atom stereocenters. The number of rotatable bonds is 2. The van der Waals surface area contributed by atoms with Crippen LogP contribution in [0.25, 0.3) is 0 Å². The van der Waals surface area contributed by atoms with Gasteiger partial charge in [-0.05, 0) is 71.1 Å². The van der Waals surface area contributed by atoms with Gasteiger partial charge in [0, 0.05) is 12.1 Å². The molecule has 0 unspecified atom stereocenters. The Morgan fingerprint density at radius 1 is 0.941 bits per heavy atom. The fourth-order valence-corrected chi connectivity index (χ4v) is 3.26. The van der Waals surface area contributed by atoms with Gasteiger partial charge in [-0.2, -0.15) is 0 Å². The number of nitrogens with zero attached hydrogens (tertiary/aromatic N) is 2. The van der Waals surface area contributed by atoms with E-state index in [1.165, 1.54) is 51.9 Å². The Morgan fingerprint density at radius 2 is 1.47 bits per heavy atom. The third kappa shape index (κ3) is 3.45. The average molecular weight is 238 g/mol. The molecule has 0 N–H and O–H groups in total. The molecule has 0 aromatic carbocycles. The minimum Gasteiger partial charge on any atom is -0.301 e. The molecule has 0 spiro atoms. The lowest BCUT2D eigenvalue weighted by molar-refractivity contribution is 0.0493. The highest BCUT2D eigenvalue weighted by Gasteiger charge is 2.31. The van der Waals surface area contributed by atoms with Crippen LogP contribution < -0.4 is 0 Å². The highest BCUT2D eigenvalue weighted by atomic mass is 15.2. The van der Waals surface area contributed by atoms with Crippen molar-refractivity contribution in [3.63, 3.8) is 0 Å². The highest BCUT2D eigenvalue weighted by molar-refractivity contribution is 4.86. The molecule has 100 valence electrons. The Bertz CT molecular complexity index is 229. The Morgan fingerprint density at radius 3 is 1.94 bits per heavy atom. The Balaban J connectivity index is 1.78. The van der Waals surface area contributed by atoms with Gasteiger partial charge >= 0.3 is 0 Å². The van der Waals surface area contributed by atoms with Crippen LogP contribution in [-0.2, 0) is 0 Å². The van der Waals surface area contributed by atoms with Gasteiger partial charge in [-0.15, -0.1) is 0 Å². The molecule has 0 aromatic rings. The van der Waals surface area contributed by atoms with E-state index < -0.39 is 0 Å². The van der Waals surface area contributed by atoms with Crippen molar-refractivity contribution in [2.75, 3.05) is 26.2 Å². The van der Waals surface area contributed by atoms with Gasteiger partial charge in [0.1, 0.15) is 0 Å². The lowest BCUT2D eigenvalue weighted by Gasteiger charge is -2.44. The number of hydrogen-bond donors (Lipinski definition) is 0. The van der Waals surface area contributed by atoms with E-state index in [4.69, 9.17) is 0 Å². The van der Waals surface area contributed by atoms with Gasteiger partial charge in [-0.1, -0.05) is 13.8 Å². The highest BCUT2D eigenvalue weighted by Crippen LogP contribution is 2.32. The topological polar surface area (TPSA) is 6.48 Å². The zero-order valence-electron chi connectivity index (χ0n) is 12.2. The van der Waals surface area contributed by atoms with Gasteiger partial charge in [0.25, 0.3) is 0 Å². The third-order valence-corrected chi connectivity index (χ3v) is 4.90. The van der Waals surface area contributed by atoms with Crippen molar-refractivity contribution in [3.8, 4) is 0 Å². The van der Waals surface area contributed by atoms with Crippen LogP contribution in [0.4, 0.5) is 0 Å². The summed E-state index contributed by atoms with van der Waals surface area (Å²) in [6.45, 7) is 14.8. The lowest BCUT2D eigenvalue weighted by atomic mass is 9.82. The monoisotopic (exact) mass is 238 g/mol. The Hall–Kier alpha value is -0.0800. The van der Waals surface area contributed by atoms with Crippen molar-refractivity contribution < 1.29 is 0 Å². The first-order valence-corrected chi connectivity index (χ1v) is 7.46. The predicted octanol–water partition coefficient (Wildman–Crippen LogP) is 2.98. The van der Waals surface area contributed by atoms with Crippen LogP contribution in [-0.4, -0.2) is 48.1 Å². The molecule has 2 aliphatic rings. The molecule has 2 saturated heterocycles. The normalized spacial score (nSPS) is 28.8. The van der Waals surface area contributed by atoms with Crippen LogP contribution in [0.3, 0.4) is 0 Å². The Kier molecular flexibility index (Phi) is 4.14. The summed E-state index contributed by atoms with van der Waals surface area (Å²) in [7, 11) is 0. The smallest absolute Gasteiger partial charge is 0.0120 e. The summed E-state index contributed by atoms with van der Waals surface area (Å²) < 4.78 is 0. The molecule has 0 aromatic heterocycles. The molecule has 2 nitrogen and oxygen atoms in total. The first-order chi connectivity index (χ1) is 7.98. The fraction of sp³-hybridized carbons (Fsp3) is 1.00. The van der Waals surface area contributed by atoms with E-state index in [1.807, 2.05) is 0 Å². The molecule has 0 bridgehead atoms. The van der Waals surface area contributed by atoms with Gasteiger partial charge in [-0.3, -0.25) is 0 Å². The molecule has 2 fully saturated rings. The quantitative estimate of drug-likeness (QED) is 0.730. The van der Waals surface area contributed by atoms with Crippen molar-refractivity contribution in [1.82, 2.24) is 9.80 Å². The predicted molar refractivity (Wildman–Crippen MR) is 74.3 cm³/mol. The summed E-state index contributed by atoms with van der Waals surface area (Å²) in [5.41, 5.74) is 0.592. The van der Waals surface area contributed by atoms with Crippen LogP contribution >= 0.6 is 0 Å². The van der Waals surface area contributed by atoms with E-state index >= 15 is 0 Å². The van der Waals surface area contributed by atoms with E-state index in [-0.39, 0.29) is 0 Å². The Labute approximate surface area is 107 Å². The average Bonchev–Trinajstić information content (AvgIpc) is 2.29. The number of likely N-dealkylation sites (tertiary alicyclic amines) is 2. The van der Waals surface area contributed by atoms with Crippen LogP contribution in [0, 0.1) is 5.41 Å². The molecule has 0 amide bonds. The molecular formula is C15H30N2.